The van der Waals surface area contributed by atoms with Crippen molar-refractivity contribution in [1.29, 1.82) is 0 Å². The van der Waals surface area contributed by atoms with Crippen LogP contribution in [0.5, 0.6) is 0 Å². The Morgan fingerprint density at radius 2 is 2.53 bits per heavy atom. The Hall–Kier alpha value is -0.850. The van der Waals surface area contributed by atoms with Crippen LogP contribution in [0.4, 0.5) is 5.82 Å². The molecule has 5 nitrogen and oxygen atoms in total. The van der Waals surface area contributed by atoms with Gasteiger partial charge in [0.15, 0.2) is 0 Å². The van der Waals surface area contributed by atoms with Gasteiger partial charge < -0.3 is 15.0 Å². The van der Waals surface area contributed by atoms with Gasteiger partial charge in [0.05, 0.1) is 18.2 Å². The van der Waals surface area contributed by atoms with Crippen LogP contribution in [0.25, 0.3) is 0 Å². The van der Waals surface area contributed by atoms with Gasteiger partial charge in [0.25, 0.3) is 0 Å². The number of carbonyl (C=O) groups is 1. The van der Waals surface area contributed by atoms with Gasteiger partial charge in [0, 0.05) is 23.8 Å². The summed E-state index contributed by atoms with van der Waals surface area (Å²) < 4.78 is 6.19. The van der Waals surface area contributed by atoms with Gasteiger partial charge in [-0.2, -0.15) is 0 Å². The molecule has 0 radical (unpaired) electrons. The van der Waals surface area contributed by atoms with E-state index in [4.69, 9.17) is 16.3 Å². The summed E-state index contributed by atoms with van der Waals surface area (Å²) >= 11 is 9.52. The SMILES string of the molecule is CCNC(=O)C1COCCN1c1ncc(Br)cc1Cl. The number of likely N-dealkylation sites (N-methyl/N-ethyl adjacent to an activating group) is 1. The van der Waals surface area contributed by atoms with E-state index in [0.717, 1.165) is 4.47 Å². The minimum absolute atomic E-state index is 0.0667. The molecule has 0 bridgehead atoms. The second-order valence-corrected chi connectivity index (χ2v) is 5.46. The van der Waals surface area contributed by atoms with E-state index in [1.54, 1.807) is 12.3 Å². The molecule has 1 N–H and O–H groups in total. The van der Waals surface area contributed by atoms with Gasteiger partial charge in [0.1, 0.15) is 11.9 Å². The third-order valence-corrected chi connectivity index (χ3v) is 3.55. The number of rotatable bonds is 3. The van der Waals surface area contributed by atoms with Crippen molar-refractivity contribution in [3.8, 4) is 0 Å². The zero-order valence-electron chi connectivity index (χ0n) is 10.5. The fraction of sp³-hybridized carbons (Fsp3) is 0.500. The van der Waals surface area contributed by atoms with Crippen molar-refractivity contribution >= 4 is 39.3 Å². The first-order chi connectivity index (χ1) is 9.13. The third-order valence-electron chi connectivity index (χ3n) is 2.84. The molecule has 104 valence electrons. The molecule has 1 amide bonds. The lowest BCUT2D eigenvalue weighted by Crippen LogP contribution is -2.54. The molecule has 2 rings (SSSR count). The number of morpholine rings is 1. The number of nitrogens with zero attached hydrogens (tertiary/aromatic N) is 2. The van der Waals surface area contributed by atoms with Crippen LogP contribution in [0.2, 0.25) is 5.02 Å². The molecule has 0 aromatic carbocycles. The van der Waals surface area contributed by atoms with Crippen molar-refractivity contribution in [2.75, 3.05) is 31.2 Å². The zero-order chi connectivity index (χ0) is 13.8. The highest BCUT2D eigenvalue weighted by atomic mass is 79.9. The Bertz CT molecular complexity index is 472. The Labute approximate surface area is 125 Å². The van der Waals surface area contributed by atoms with Crippen LogP contribution >= 0.6 is 27.5 Å². The standard InChI is InChI=1S/C12H15BrClN3O2/c1-2-15-12(18)10-7-19-4-3-17(10)11-9(14)5-8(13)6-16-11/h5-6,10H,2-4,7H2,1H3,(H,15,18). The van der Waals surface area contributed by atoms with Crippen LogP contribution < -0.4 is 10.2 Å². The number of anilines is 1. The molecule has 0 spiro atoms. The molecule has 1 aliphatic rings. The summed E-state index contributed by atoms with van der Waals surface area (Å²) in [5, 5.41) is 3.32. The van der Waals surface area contributed by atoms with Crippen LogP contribution in [-0.4, -0.2) is 43.2 Å². The first-order valence-corrected chi connectivity index (χ1v) is 7.23. The van der Waals surface area contributed by atoms with E-state index in [9.17, 15) is 4.79 Å². The van der Waals surface area contributed by atoms with Gasteiger partial charge in [-0.15, -0.1) is 0 Å². The lowest BCUT2D eigenvalue weighted by molar-refractivity contribution is -0.124. The van der Waals surface area contributed by atoms with Gasteiger partial charge >= 0.3 is 0 Å². The lowest BCUT2D eigenvalue weighted by atomic mass is 10.2. The number of hydrogen-bond acceptors (Lipinski definition) is 4. The topological polar surface area (TPSA) is 54.5 Å². The minimum Gasteiger partial charge on any atom is -0.377 e. The summed E-state index contributed by atoms with van der Waals surface area (Å²) in [5.41, 5.74) is 0. The predicted molar refractivity (Wildman–Crippen MR) is 77.6 cm³/mol. The number of carbonyl (C=O) groups excluding carboxylic acids is 1. The van der Waals surface area contributed by atoms with Gasteiger partial charge in [0.2, 0.25) is 5.91 Å². The predicted octanol–water partition coefficient (Wildman–Crippen LogP) is 1.84. The number of nitrogens with one attached hydrogen (secondary N) is 1. The summed E-state index contributed by atoms with van der Waals surface area (Å²) in [6.45, 7) is 3.97. The highest BCUT2D eigenvalue weighted by Crippen LogP contribution is 2.28. The molecular weight excluding hydrogens is 334 g/mol. The first kappa shape index (κ1) is 14.6. The normalized spacial score (nSPS) is 19.3. The Balaban J connectivity index is 2.26. The monoisotopic (exact) mass is 347 g/mol. The quantitative estimate of drug-likeness (QED) is 0.905. The summed E-state index contributed by atoms with van der Waals surface area (Å²) in [5.74, 6) is 0.549. The van der Waals surface area contributed by atoms with Gasteiger partial charge in [-0.1, -0.05) is 11.6 Å². The van der Waals surface area contributed by atoms with E-state index in [0.29, 0.717) is 37.1 Å². The van der Waals surface area contributed by atoms with E-state index in [-0.39, 0.29) is 11.9 Å². The van der Waals surface area contributed by atoms with E-state index < -0.39 is 0 Å². The number of amides is 1. The van der Waals surface area contributed by atoms with Crippen molar-refractivity contribution in [3.63, 3.8) is 0 Å². The molecule has 1 aromatic rings. The van der Waals surface area contributed by atoms with Crippen molar-refractivity contribution < 1.29 is 9.53 Å². The number of pyridine rings is 1. The molecule has 1 atom stereocenters. The van der Waals surface area contributed by atoms with E-state index >= 15 is 0 Å². The summed E-state index contributed by atoms with van der Waals surface area (Å²) in [6, 6.07) is 1.38. The highest BCUT2D eigenvalue weighted by molar-refractivity contribution is 9.10. The molecular formula is C12H15BrClN3O2. The maximum Gasteiger partial charge on any atom is 0.245 e. The maximum absolute atomic E-state index is 12.0. The third kappa shape index (κ3) is 3.38. The average Bonchev–Trinajstić information content (AvgIpc) is 2.39. The Kier molecular flexibility index (Phi) is 5.01. The van der Waals surface area contributed by atoms with E-state index in [2.05, 4.69) is 26.2 Å². The molecule has 19 heavy (non-hydrogen) atoms. The average molecular weight is 349 g/mol. The molecule has 0 aliphatic carbocycles. The Morgan fingerprint density at radius 1 is 1.74 bits per heavy atom. The molecule has 2 heterocycles. The van der Waals surface area contributed by atoms with Gasteiger partial charge in [-0.3, -0.25) is 4.79 Å². The number of halogens is 2. The fourth-order valence-electron chi connectivity index (χ4n) is 1.99. The summed E-state index contributed by atoms with van der Waals surface area (Å²) in [7, 11) is 0. The van der Waals surface area contributed by atoms with Crippen LogP contribution in [0.15, 0.2) is 16.7 Å². The van der Waals surface area contributed by atoms with Crippen molar-refractivity contribution in [1.82, 2.24) is 10.3 Å². The fourth-order valence-corrected chi connectivity index (χ4v) is 2.72. The molecule has 1 aliphatic heterocycles. The van der Waals surface area contributed by atoms with Crippen molar-refractivity contribution in [2.45, 2.75) is 13.0 Å². The van der Waals surface area contributed by atoms with Crippen LogP contribution in [0.3, 0.4) is 0 Å². The second-order valence-electron chi connectivity index (χ2n) is 4.14. The second kappa shape index (κ2) is 6.54. The summed E-state index contributed by atoms with van der Waals surface area (Å²) in [4.78, 5) is 18.2. The lowest BCUT2D eigenvalue weighted by Gasteiger charge is -2.35. The van der Waals surface area contributed by atoms with E-state index in [1.807, 2.05) is 11.8 Å². The van der Waals surface area contributed by atoms with E-state index in [1.165, 1.54) is 0 Å². The van der Waals surface area contributed by atoms with Crippen molar-refractivity contribution in [2.24, 2.45) is 0 Å². The van der Waals surface area contributed by atoms with Crippen molar-refractivity contribution in [3.05, 3.63) is 21.8 Å². The van der Waals surface area contributed by atoms with Crippen LogP contribution in [-0.2, 0) is 9.53 Å². The summed E-state index contributed by atoms with van der Waals surface area (Å²) in [6.07, 6.45) is 1.67. The molecule has 1 unspecified atom stereocenters. The molecule has 1 fully saturated rings. The van der Waals surface area contributed by atoms with Gasteiger partial charge in [-0.25, -0.2) is 4.98 Å². The van der Waals surface area contributed by atoms with Crippen LogP contribution in [0, 0.1) is 0 Å². The zero-order valence-corrected chi connectivity index (χ0v) is 12.9. The largest absolute Gasteiger partial charge is 0.377 e. The highest BCUT2D eigenvalue weighted by Gasteiger charge is 2.31. The molecule has 1 aromatic heterocycles. The van der Waals surface area contributed by atoms with Gasteiger partial charge in [-0.05, 0) is 28.9 Å². The van der Waals surface area contributed by atoms with Crippen LogP contribution in [0.1, 0.15) is 6.92 Å². The Morgan fingerprint density at radius 3 is 3.21 bits per heavy atom. The number of aromatic nitrogens is 1. The number of hydrogen-bond donors (Lipinski definition) is 1. The number of ether oxygens (including phenoxy) is 1. The maximum atomic E-state index is 12.0. The smallest absolute Gasteiger partial charge is 0.245 e. The molecule has 7 heteroatoms. The molecule has 1 saturated heterocycles. The first-order valence-electron chi connectivity index (χ1n) is 6.06. The molecule has 0 saturated carbocycles. The minimum atomic E-state index is -0.389.